The molecule has 1 aromatic heterocycles. The molecule has 1 N–H and O–H groups in total. The molecule has 0 unspecified atom stereocenters. The number of sulfone groups is 1. The number of rotatable bonds is 6. The molecule has 2 atom stereocenters. The molecule has 2 saturated carbocycles. The Kier molecular flexibility index (Phi) is 6.38. The number of nitriles is 1. The maximum atomic E-state index is 13.8. The molecule has 39 heavy (non-hydrogen) atoms. The number of aryl methyl sites for hydroxylation is 3. The standard InChI is InChI=1S/C26H27F3N4O4S2/c1-14-10-17(21-15(2)31-16(3)38-21)4-5-20(14)39(36,37)18-11-19(22(34)32-24(13-30)6-7-24)33(12-18)23(35)25(8-9-25)26(27,28)29/h4-5,10,18-19H,6-9,11-12H2,1-3H3,(H,32,34)/t18-,19+/m1/s1. The minimum absolute atomic E-state index is 0.00348. The summed E-state index contributed by atoms with van der Waals surface area (Å²) in [4.78, 5) is 32.4. The Hall–Kier alpha value is -2.98. The Labute approximate surface area is 228 Å². The molecule has 2 amide bonds. The van der Waals surface area contributed by atoms with Crippen LogP contribution in [0, 0.1) is 37.5 Å². The summed E-state index contributed by atoms with van der Waals surface area (Å²) in [6, 6.07) is 5.40. The lowest BCUT2D eigenvalue weighted by molar-refractivity contribution is -0.199. The first-order chi connectivity index (χ1) is 18.1. The largest absolute Gasteiger partial charge is 0.403 e. The minimum Gasteiger partial charge on any atom is -0.336 e. The van der Waals surface area contributed by atoms with Gasteiger partial charge < -0.3 is 10.2 Å². The number of halogens is 3. The molecular weight excluding hydrogens is 553 g/mol. The molecule has 0 spiro atoms. The molecule has 3 fully saturated rings. The zero-order valence-corrected chi connectivity index (χ0v) is 23.2. The van der Waals surface area contributed by atoms with Crippen LogP contribution in [0.3, 0.4) is 0 Å². The van der Waals surface area contributed by atoms with Gasteiger partial charge in [0.1, 0.15) is 17.0 Å². The third kappa shape index (κ3) is 4.61. The normalized spacial score (nSPS) is 23.3. The summed E-state index contributed by atoms with van der Waals surface area (Å²) >= 11 is 1.48. The van der Waals surface area contributed by atoms with Gasteiger partial charge in [0, 0.05) is 6.54 Å². The second kappa shape index (κ2) is 9.02. The number of likely N-dealkylation sites (tertiary alicyclic amines) is 1. The van der Waals surface area contributed by atoms with Gasteiger partial charge in [-0.3, -0.25) is 9.59 Å². The van der Waals surface area contributed by atoms with Crippen LogP contribution in [0.25, 0.3) is 10.4 Å². The second-order valence-electron chi connectivity index (χ2n) is 10.8. The highest BCUT2D eigenvalue weighted by molar-refractivity contribution is 7.92. The molecule has 1 aromatic carbocycles. The summed E-state index contributed by atoms with van der Waals surface area (Å²) < 4.78 is 69.0. The summed E-state index contributed by atoms with van der Waals surface area (Å²) in [6.07, 6.45) is -5.22. The third-order valence-corrected chi connectivity index (χ3v) is 11.4. The van der Waals surface area contributed by atoms with Gasteiger partial charge in [-0.2, -0.15) is 18.4 Å². The highest BCUT2D eigenvalue weighted by Crippen LogP contribution is 2.59. The van der Waals surface area contributed by atoms with Crippen LogP contribution >= 0.6 is 11.3 Å². The molecule has 0 bridgehead atoms. The first-order valence-electron chi connectivity index (χ1n) is 12.5. The maximum Gasteiger partial charge on any atom is 0.403 e. The number of amides is 2. The molecule has 3 aliphatic rings. The summed E-state index contributed by atoms with van der Waals surface area (Å²) in [5.41, 5.74) is -1.67. The van der Waals surface area contributed by atoms with E-state index >= 15 is 0 Å². The predicted octanol–water partition coefficient (Wildman–Crippen LogP) is 3.99. The van der Waals surface area contributed by atoms with E-state index in [1.807, 2.05) is 19.9 Å². The number of thiazole rings is 1. The molecule has 1 aliphatic heterocycles. The molecular formula is C26H27F3N4O4S2. The molecule has 208 valence electrons. The van der Waals surface area contributed by atoms with Crippen LogP contribution in [0.15, 0.2) is 23.1 Å². The highest BCUT2D eigenvalue weighted by Gasteiger charge is 2.70. The van der Waals surface area contributed by atoms with Crippen molar-refractivity contribution in [3.8, 4) is 16.5 Å². The quantitative estimate of drug-likeness (QED) is 0.552. The SMILES string of the molecule is Cc1nc(C)c(-c2ccc(S(=O)(=O)[C@@H]3C[C@@H](C(=O)NC4(C#N)CC4)N(C(=O)C4(C(F)(F)F)CC4)C3)c(C)c2)s1. The summed E-state index contributed by atoms with van der Waals surface area (Å²) in [6.45, 7) is 4.83. The summed E-state index contributed by atoms with van der Waals surface area (Å²) in [5, 5.41) is 11.5. The Morgan fingerprint density at radius 3 is 2.33 bits per heavy atom. The van der Waals surface area contributed by atoms with E-state index in [1.165, 1.54) is 17.4 Å². The van der Waals surface area contributed by atoms with E-state index in [-0.39, 0.29) is 11.3 Å². The van der Waals surface area contributed by atoms with Gasteiger partial charge in [-0.15, -0.1) is 11.3 Å². The van der Waals surface area contributed by atoms with Crippen molar-refractivity contribution in [3.05, 3.63) is 34.5 Å². The number of hydrogen-bond acceptors (Lipinski definition) is 7. The van der Waals surface area contributed by atoms with E-state index in [2.05, 4.69) is 10.3 Å². The third-order valence-electron chi connectivity index (χ3n) is 7.94. The van der Waals surface area contributed by atoms with Gasteiger partial charge in [0.25, 0.3) is 0 Å². The molecule has 13 heteroatoms. The van der Waals surface area contributed by atoms with Gasteiger partial charge in [-0.05, 0) is 76.1 Å². The van der Waals surface area contributed by atoms with Crippen molar-refractivity contribution in [3.63, 3.8) is 0 Å². The maximum absolute atomic E-state index is 13.8. The number of hydrogen-bond donors (Lipinski definition) is 1. The van der Waals surface area contributed by atoms with Crippen LogP contribution < -0.4 is 5.32 Å². The van der Waals surface area contributed by atoms with Gasteiger partial charge >= 0.3 is 6.18 Å². The molecule has 5 rings (SSSR count). The lowest BCUT2D eigenvalue weighted by atomic mass is 10.0. The molecule has 0 radical (unpaired) electrons. The number of nitrogens with zero attached hydrogens (tertiary/aromatic N) is 3. The number of alkyl halides is 3. The molecule has 2 aliphatic carbocycles. The van der Waals surface area contributed by atoms with Gasteiger partial charge in [0.15, 0.2) is 9.84 Å². The molecule has 2 heterocycles. The summed E-state index contributed by atoms with van der Waals surface area (Å²) in [5.74, 6) is -2.08. The summed E-state index contributed by atoms with van der Waals surface area (Å²) in [7, 11) is -4.13. The minimum atomic E-state index is -4.81. The first kappa shape index (κ1) is 27.6. The number of nitrogens with one attached hydrogen (secondary N) is 1. The van der Waals surface area contributed by atoms with Crippen molar-refractivity contribution in [1.29, 1.82) is 5.26 Å². The fourth-order valence-electron chi connectivity index (χ4n) is 5.31. The lowest BCUT2D eigenvalue weighted by Crippen LogP contribution is -2.53. The Bertz CT molecular complexity index is 1520. The zero-order valence-electron chi connectivity index (χ0n) is 21.6. The second-order valence-corrected chi connectivity index (χ2v) is 14.2. The predicted molar refractivity (Wildman–Crippen MR) is 136 cm³/mol. The van der Waals surface area contributed by atoms with Gasteiger partial charge in [0.05, 0.1) is 31.8 Å². The molecule has 2 aromatic rings. The Morgan fingerprint density at radius 2 is 1.85 bits per heavy atom. The molecule has 1 saturated heterocycles. The topological polar surface area (TPSA) is 120 Å². The van der Waals surface area contributed by atoms with Crippen LogP contribution in [0.2, 0.25) is 0 Å². The Morgan fingerprint density at radius 1 is 1.18 bits per heavy atom. The van der Waals surface area contributed by atoms with Crippen molar-refractivity contribution >= 4 is 33.0 Å². The number of carbonyl (C=O) groups is 2. The van der Waals surface area contributed by atoms with E-state index in [4.69, 9.17) is 0 Å². The van der Waals surface area contributed by atoms with E-state index in [0.29, 0.717) is 18.4 Å². The van der Waals surface area contributed by atoms with Crippen LogP contribution in [0.5, 0.6) is 0 Å². The van der Waals surface area contributed by atoms with Crippen molar-refractivity contribution in [2.75, 3.05) is 6.54 Å². The van der Waals surface area contributed by atoms with Gasteiger partial charge in [-0.1, -0.05) is 6.07 Å². The van der Waals surface area contributed by atoms with Crippen LogP contribution in [-0.4, -0.2) is 59.7 Å². The average molecular weight is 581 g/mol. The van der Waals surface area contributed by atoms with E-state index in [1.54, 1.807) is 19.1 Å². The van der Waals surface area contributed by atoms with E-state index in [9.17, 15) is 36.4 Å². The lowest BCUT2D eigenvalue weighted by Gasteiger charge is -2.29. The zero-order chi connectivity index (χ0) is 28.5. The van der Waals surface area contributed by atoms with Crippen molar-refractivity contribution in [1.82, 2.24) is 15.2 Å². The average Bonchev–Trinajstić information content (AvgIpc) is 3.75. The van der Waals surface area contributed by atoms with E-state index in [0.717, 1.165) is 26.0 Å². The van der Waals surface area contributed by atoms with Gasteiger partial charge in [0.2, 0.25) is 11.8 Å². The van der Waals surface area contributed by atoms with Crippen molar-refractivity contribution < 1.29 is 31.2 Å². The van der Waals surface area contributed by atoms with Crippen LogP contribution in [-0.2, 0) is 19.4 Å². The number of benzene rings is 1. The fraction of sp³-hybridized carbons (Fsp3) is 0.538. The fourth-order valence-corrected chi connectivity index (χ4v) is 8.14. The highest BCUT2D eigenvalue weighted by atomic mass is 32.2. The monoisotopic (exact) mass is 580 g/mol. The van der Waals surface area contributed by atoms with Gasteiger partial charge in [-0.25, -0.2) is 13.4 Å². The van der Waals surface area contributed by atoms with Crippen LogP contribution in [0.1, 0.15) is 48.4 Å². The molecule has 8 nitrogen and oxygen atoms in total. The smallest absolute Gasteiger partial charge is 0.336 e. The van der Waals surface area contributed by atoms with E-state index < -0.39 is 69.5 Å². The number of aromatic nitrogens is 1. The van der Waals surface area contributed by atoms with Crippen molar-refractivity contribution in [2.24, 2.45) is 5.41 Å². The van der Waals surface area contributed by atoms with Crippen molar-refractivity contribution in [2.45, 2.75) is 80.8 Å². The van der Waals surface area contributed by atoms with Crippen LogP contribution in [0.4, 0.5) is 13.2 Å². The Balaban J connectivity index is 1.46. The number of carbonyl (C=O) groups excluding carboxylic acids is 2. The first-order valence-corrected chi connectivity index (χ1v) is 14.9.